The number of piperazine rings is 1. The number of aromatic nitrogens is 2. The number of nitrogens with zero attached hydrogens (tertiary/aromatic N) is 3. The summed E-state index contributed by atoms with van der Waals surface area (Å²) < 4.78 is 0. The van der Waals surface area contributed by atoms with Crippen LogP contribution in [0.3, 0.4) is 0 Å². The van der Waals surface area contributed by atoms with E-state index in [4.69, 9.17) is 10.1 Å². The Morgan fingerprint density at radius 2 is 2.04 bits per heavy atom. The number of aliphatic hydroxyl groups is 1. The third-order valence-corrected chi connectivity index (χ3v) is 5.57. The summed E-state index contributed by atoms with van der Waals surface area (Å²) in [7, 11) is 0. The molecule has 0 saturated carbocycles. The normalized spacial score (nSPS) is 15.0. The third kappa shape index (κ3) is 3.51. The number of hydrogen-bond acceptors (Lipinski definition) is 6. The molecule has 25 heavy (non-hydrogen) atoms. The fourth-order valence-electron chi connectivity index (χ4n) is 3.20. The molecule has 1 fully saturated rings. The van der Waals surface area contributed by atoms with E-state index in [1.807, 2.05) is 6.20 Å². The van der Waals surface area contributed by atoms with Gasteiger partial charge in [0, 0.05) is 50.8 Å². The van der Waals surface area contributed by atoms with E-state index < -0.39 is 0 Å². The SMILES string of the molecule is OCCCc1ncc(-c2cc3ccccc3c(N3CCNCC3)n2)s1. The van der Waals surface area contributed by atoms with Crippen LogP contribution in [0.5, 0.6) is 0 Å². The first kappa shape index (κ1) is 16.4. The zero-order valence-electron chi connectivity index (χ0n) is 14.1. The van der Waals surface area contributed by atoms with Gasteiger partial charge < -0.3 is 15.3 Å². The van der Waals surface area contributed by atoms with E-state index in [1.54, 1.807) is 11.3 Å². The lowest BCUT2D eigenvalue weighted by molar-refractivity contribution is 0.288. The number of benzene rings is 1. The lowest BCUT2D eigenvalue weighted by atomic mass is 10.1. The highest BCUT2D eigenvalue weighted by molar-refractivity contribution is 7.15. The van der Waals surface area contributed by atoms with E-state index in [2.05, 4.69) is 45.5 Å². The second-order valence-corrected chi connectivity index (χ2v) is 7.35. The van der Waals surface area contributed by atoms with Gasteiger partial charge in [0.2, 0.25) is 0 Å². The summed E-state index contributed by atoms with van der Waals surface area (Å²) in [6.45, 7) is 4.14. The number of pyridine rings is 1. The monoisotopic (exact) mass is 354 g/mol. The van der Waals surface area contributed by atoms with Gasteiger partial charge in [-0.15, -0.1) is 11.3 Å². The number of fused-ring (bicyclic) bond motifs is 1. The molecule has 3 aromatic rings. The molecule has 130 valence electrons. The Balaban J connectivity index is 1.75. The predicted molar refractivity (Wildman–Crippen MR) is 103 cm³/mol. The van der Waals surface area contributed by atoms with Gasteiger partial charge in [-0.05, 0) is 17.9 Å². The quantitative estimate of drug-likeness (QED) is 0.738. The number of anilines is 1. The highest BCUT2D eigenvalue weighted by atomic mass is 32.1. The molecule has 0 radical (unpaired) electrons. The highest BCUT2D eigenvalue weighted by Crippen LogP contribution is 2.32. The molecule has 3 heterocycles. The van der Waals surface area contributed by atoms with Crippen LogP contribution < -0.4 is 10.2 Å². The second kappa shape index (κ2) is 7.47. The fourth-order valence-corrected chi connectivity index (χ4v) is 4.12. The zero-order chi connectivity index (χ0) is 17.1. The molecule has 0 spiro atoms. The summed E-state index contributed by atoms with van der Waals surface area (Å²) in [5.41, 5.74) is 0.986. The van der Waals surface area contributed by atoms with Crippen molar-refractivity contribution in [1.82, 2.24) is 15.3 Å². The van der Waals surface area contributed by atoms with Gasteiger partial charge in [-0.3, -0.25) is 0 Å². The maximum atomic E-state index is 9.00. The lowest BCUT2D eigenvalue weighted by Crippen LogP contribution is -2.44. The van der Waals surface area contributed by atoms with Crippen LogP contribution in [0.1, 0.15) is 11.4 Å². The van der Waals surface area contributed by atoms with Crippen molar-refractivity contribution in [2.45, 2.75) is 12.8 Å². The van der Waals surface area contributed by atoms with Crippen LogP contribution in [0.25, 0.3) is 21.3 Å². The number of thiazole rings is 1. The first-order valence-corrected chi connectivity index (χ1v) is 9.58. The van der Waals surface area contributed by atoms with E-state index in [1.165, 1.54) is 10.8 Å². The van der Waals surface area contributed by atoms with Crippen molar-refractivity contribution >= 4 is 27.9 Å². The Hall–Kier alpha value is -2.02. The van der Waals surface area contributed by atoms with Gasteiger partial charge in [0.25, 0.3) is 0 Å². The minimum Gasteiger partial charge on any atom is -0.396 e. The molecular formula is C19H22N4OS. The van der Waals surface area contributed by atoms with Gasteiger partial charge in [0.15, 0.2) is 0 Å². The summed E-state index contributed by atoms with van der Waals surface area (Å²) in [6.07, 6.45) is 3.49. The van der Waals surface area contributed by atoms with Crippen LogP contribution in [-0.4, -0.2) is 47.9 Å². The molecule has 1 aromatic carbocycles. The van der Waals surface area contributed by atoms with Gasteiger partial charge in [-0.25, -0.2) is 9.97 Å². The van der Waals surface area contributed by atoms with Gasteiger partial charge in [-0.2, -0.15) is 0 Å². The molecule has 0 aliphatic carbocycles. The molecule has 2 aromatic heterocycles. The number of nitrogens with one attached hydrogen (secondary N) is 1. The second-order valence-electron chi connectivity index (χ2n) is 6.23. The van der Waals surface area contributed by atoms with Crippen molar-refractivity contribution in [3.05, 3.63) is 41.5 Å². The summed E-state index contributed by atoms with van der Waals surface area (Å²) >= 11 is 1.67. The largest absolute Gasteiger partial charge is 0.396 e. The molecule has 4 rings (SSSR count). The zero-order valence-corrected chi connectivity index (χ0v) is 14.9. The molecule has 1 aliphatic rings. The van der Waals surface area contributed by atoms with Crippen LogP contribution in [0, 0.1) is 0 Å². The first-order chi connectivity index (χ1) is 12.3. The molecule has 0 amide bonds. The summed E-state index contributed by atoms with van der Waals surface area (Å²) in [4.78, 5) is 13.0. The molecule has 1 aliphatic heterocycles. The molecule has 6 heteroatoms. The lowest BCUT2D eigenvalue weighted by Gasteiger charge is -2.29. The van der Waals surface area contributed by atoms with E-state index in [-0.39, 0.29) is 6.61 Å². The minimum atomic E-state index is 0.205. The van der Waals surface area contributed by atoms with Crippen molar-refractivity contribution in [3.63, 3.8) is 0 Å². The third-order valence-electron chi connectivity index (χ3n) is 4.49. The van der Waals surface area contributed by atoms with Gasteiger partial charge >= 0.3 is 0 Å². The Kier molecular flexibility index (Phi) is 4.92. The molecular weight excluding hydrogens is 332 g/mol. The topological polar surface area (TPSA) is 61.3 Å². The fraction of sp³-hybridized carbons (Fsp3) is 0.368. The maximum Gasteiger partial charge on any atom is 0.137 e. The molecule has 2 N–H and O–H groups in total. The number of hydrogen-bond donors (Lipinski definition) is 2. The average molecular weight is 354 g/mol. The standard InChI is InChI=1S/C19H22N4OS/c24-11-3-6-18-21-13-17(25-18)16-12-14-4-1-2-5-15(14)19(22-16)23-9-7-20-8-10-23/h1-2,4-5,12-13,20,24H,3,6-11H2. The summed E-state index contributed by atoms with van der Waals surface area (Å²) in [6, 6.07) is 10.6. The Morgan fingerprint density at radius 1 is 1.20 bits per heavy atom. The van der Waals surface area contributed by atoms with Crippen molar-refractivity contribution in [3.8, 4) is 10.6 Å². The van der Waals surface area contributed by atoms with Crippen molar-refractivity contribution in [1.29, 1.82) is 0 Å². The molecule has 0 atom stereocenters. The van der Waals surface area contributed by atoms with Gasteiger partial charge in [0.05, 0.1) is 15.6 Å². The average Bonchev–Trinajstić information content (AvgIpc) is 3.15. The summed E-state index contributed by atoms with van der Waals surface area (Å²) in [5, 5.41) is 15.9. The maximum absolute atomic E-state index is 9.00. The van der Waals surface area contributed by atoms with E-state index in [9.17, 15) is 0 Å². The number of aryl methyl sites for hydroxylation is 1. The van der Waals surface area contributed by atoms with Crippen molar-refractivity contribution in [2.75, 3.05) is 37.7 Å². The van der Waals surface area contributed by atoms with Crippen LogP contribution in [0.2, 0.25) is 0 Å². The van der Waals surface area contributed by atoms with Crippen LogP contribution in [0.4, 0.5) is 5.82 Å². The summed E-state index contributed by atoms with van der Waals surface area (Å²) in [5.74, 6) is 1.07. The smallest absolute Gasteiger partial charge is 0.137 e. The molecule has 0 unspecified atom stereocenters. The number of aliphatic hydroxyl groups excluding tert-OH is 1. The Labute approximate surface area is 151 Å². The first-order valence-electron chi connectivity index (χ1n) is 8.76. The molecule has 0 bridgehead atoms. The van der Waals surface area contributed by atoms with Crippen LogP contribution >= 0.6 is 11.3 Å². The number of rotatable bonds is 5. The van der Waals surface area contributed by atoms with Crippen LogP contribution in [0.15, 0.2) is 36.5 Å². The molecule has 1 saturated heterocycles. The van der Waals surface area contributed by atoms with E-state index in [0.717, 1.165) is 60.4 Å². The predicted octanol–water partition coefficient (Wildman–Crippen LogP) is 2.69. The highest BCUT2D eigenvalue weighted by Gasteiger charge is 2.17. The van der Waals surface area contributed by atoms with E-state index >= 15 is 0 Å². The Bertz CT molecular complexity index is 858. The molecule has 5 nitrogen and oxygen atoms in total. The van der Waals surface area contributed by atoms with Gasteiger partial charge in [-0.1, -0.05) is 24.3 Å². The van der Waals surface area contributed by atoms with Gasteiger partial charge in [0.1, 0.15) is 5.82 Å². The van der Waals surface area contributed by atoms with Crippen molar-refractivity contribution in [2.24, 2.45) is 0 Å². The Morgan fingerprint density at radius 3 is 2.88 bits per heavy atom. The minimum absolute atomic E-state index is 0.205. The van der Waals surface area contributed by atoms with Crippen LogP contribution in [-0.2, 0) is 6.42 Å². The van der Waals surface area contributed by atoms with Crippen molar-refractivity contribution < 1.29 is 5.11 Å². The van der Waals surface area contributed by atoms with E-state index in [0.29, 0.717) is 0 Å².